The molecule has 0 spiro atoms. The average molecular weight is 524 g/mol. The maximum atomic E-state index is 13.0. The molecule has 9 nitrogen and oxygen atoms in total. The number of carbonyl (C=O) groups excluding carboxylic acids is 2. The summed E-state index contributed by atoms with van der Waals surface area (Å²) in [5, 5.41) is 21.3. The molecule has 3 aromatic rings. The van der Waals surface area contributed by atoms with Gasteiger partial charge in [-0.25, -0.2) is 9.78 Å². The molecule has 4 rings (SSSR count). The zero-order valence-electron chi connectivity index (χ0n) is 19.5. The van der Waals surface area contributed by atoms with Crippen molar-refractivity contribution in [2.24, 2.45) is 5.92 Å². The smallest absolute Gasteiger partial charge is 0.464 e. The third-order valence-electron chi connectivity index (χ3n) is 5.57. The molecule has 1 aliphatic carbocycles. The van der Waals surface area contributed by atoms with Crippen LogP contribution in [0, 0.1) is 17.2 Å². The molecule has 1 fully saturated rings. The van der Waals surface area contributed by atoms with Gasteiger partial charge in [-0.1, -0.05) is 24.3 Å². The summed E-state index contributed by atoms with van der Waals surface area (Å²) in [7, 11) is 0. The molecule has 0 unspecified atom stereocenters. The van der Waals surface area contributed by atoms with Crippen LogP contribution in [0.3, 0.4) is 0 Å². The van der Waals surface area contributed by atoms with E-state index in [9.17, 15) is 32.7 Å². The van der Waals surface area contributed by atoms with E-state index in [2.05, 4.69) is 15.0 Å². The van der Waals surface area contributed by atoms with Gasteiger partial charge in [0.25, 0.3) is 5.91 Å². The highest BCUT2D eigenvalue weighted by Gasteiger charge is 2.38. The molecule has 12 heteroatoms. The normalized spacial score (nSPS) is 12.8. The molecule has 2 N–H and O–H groups in total. The topological polar surface area (TPSA) is 133 Å². The fourth-order valence-electron chi connectivity index (χ4n) is 3.55. The number of hydrogen-bond acceptors (Lipinski definition) is 6. The molecule has 0 saturated heterocycles. The molecule has 0 aliphatic heterocycles. The molecule has 3 amide bonds. The van der Waals surface area contributed by atoms with Gasteiger partial charge in [0.05, 0.1) is 11.6 Å². The highest BCUT2D eigenvalue weighted by Crippen LogP contribution is 2.34. The first-order valence-electron chi connectivity index (χ1n) is 11.3. The molecule has 1 saturated carbocycles. The third kappa shape index (κ3) is 6.44. The van der Waals surface area contributed by atoms with E-state index in [0.29, 0.717) is 34.4 Å². The number of amides is 3. The van der Waals surface area contributed by atoms with Gasteiger partial charge in [0, 0.05) is 12.5 Å². The molecule has 0 bridgehead atoms. The number of pyridine rings is 1. The summed E-state index contributed by atoms with van der Waals surface area (Å²) >= 11 is 0. The summed E-state index contributed by atoms with van der Waals surface area (Å²) in [5.41, 5.74) is 1.49. The highest BCUT2D eigenvalue weighted by molar-refractivity contribution is 6.13. The van der Waals surface area contributed by atoms with Crippen molar-refractivity contribution in [1.82, 2.24) is 10.3 Å². The zero-order chi connectivity index (χ0) is 27.4. The van der Waals surface area contributed by atoms with Crippen molar-refractivity contribution >= 4 is 23.7 Å². The number of nitrogens with zero attached hydrogens (tertiary/aromatic N) is 3. The largest absolute Gasteiger partial charge is 0.573 e. The van der Waals surface area contributed by atoms with E-state index in [0.717, 1.165) is 12.1 Å². The number of nitrogens with one attached hydrogen (secondary N) is 1. The van der Waals surface area contributed by atoms with Crippen LogP contribution in [0.25, 0.3) is 11.1 Å². The number of carbonyl (C=O) groups is 3. The first-order valence-corrected chi connectivity index (χ1v) is 11.3. The number of alkyl halides is 3. The fraction of sp³-hybridized carbons (Fsp3) is 0.192. The molecule has 0 radical (unpaired) electrons. The summed E-state index contributed by atoms with van der Waals surface area (Å²) in [5.74, 6) is -2.61. The number of halogens is 3. The Morgan fingerprint density at radius 2 is 1.71 bits per heavy atom. The van der Waals surface area contributed by atoms with Crippen LogP contribution in [0.4, 0.5) is 23.8 Å². The third-order valence-corrected chi connectivity index (χ3v) is 5.57. The van der Waals surface area contributed by atoms with Crippen LogP contribution < -0.4 is 15.0 Å². The van der Waals surface area contributed by atoms with E-state index in [1.807, 2.05) is 6.07 Å². The maximum Gasteiger partial charge on any atom is 0.573 e. The van der Waals surface area contributed by atoms with Crippen molar-refractivity contribution in [3.63, 3.8) is 0 Å². The predicted octanol–water partition coefficient (Wildman–Crippen LogP) is 4.87. The standard InChI is InChI=1S/C26H19F3N4O5/c27-26(28,29)38-20-9-7-17(8-10-20)19-11-21(23(34)31-14-16-3-1-15(13-30)2-4-16)32-22(12-19)33(25(36)37)24(35)18-5-6-18/h1-4,7-12,18H,5-6,14H2,(H,31,34)(H,36,37). The molecule has 0 atom stereocenters. The Morgan fingerprint density at radius 3 is 2.26 bits per heavy atom. The number of imide groups is 1. The average Bonchev–Trinajstić information content (AvgIpc) is 3.72. The number of benzene rings is 2. The van der Waals surface area contributed by atoms with Gasteiger partial charge in [-0.05, 0) is 65.9 Å². The monoisotopic (exact) mass is 524 g/mol. The lowest BCUT2D eigenvalue weighted by atomic mass is 10.0. The summed E-state index contributed by atoms with van der Waals surface area (Å²) in [6.45, 7) is 0.0684. The molecule has 194 valence electrons. The van der Waals surface area contributed by atoms with Gasteiger partial charge in [-0.15, -0.1) is 13.2 Å². The highest BCUT2D eigenvalue weighted by atomic mass is 19.4. The Balaban J connectivity index is 1.67. The molecule has 2 aromatic carbocycles. The Bertz CT molecular complexity index is 1410. The van der Waals surface area contributed by atoms with E-state index in [-0.39, 0.29) is 23.6 Å². The van der Waals surface area contributed by atoms with Gasteiger partial charge in [0.2, 0.25) is 5.91 Å². The predicted molar refractivity (Wildman–Crippen MR) is 127 cm³/mol. The number of carboxylic acid groups (broad SMARTS) is 1. The number of rotatable bonds is 7. The van der Waals surface area contributed by atoms with E-state index < -0.39 is 35.9 Å². The van der Waals surface area contributed by atoms with Crippen LogP contribution in [0.5, 0.6) is 5.75 Å². The molecule has 1 heterocycles. The van der Waals surface area contributed by atoms with Crippen molar-refractivity contribution in [2.75, 3.05) is 4.90 Å². The second kappa shape index (κ2) is 10.6. The van der Waals surface area contributed by atoms with Crippen LogP contribution in [-0.4, -0.2) is 34.4 Å². The minimum Gasteiger partial charge on any atom is -0.464 e. The Hall–Kier alpha value is -4.92. The first kappa shape index (κ1) is 26.2. The Labute approximate surface area is 214 Å². The second-order valence-electron chi connectivity index (χ2n) is 8.39. The first-order chi connectivity index (χ1) is 18.0. The van der Waals surface area contributed by atoms with Gasteiger partial charge in [-0.2, -0.15) is 10.2 Å². The van der Waals surface area contributed by atoms with Gasteiger partial charge in [0.1, 0.15) is 17.3 Å². The lowest BCUT2D eigenvalue weighted by molar-refractivity contribution is -0.274. The van der Waals surface area contributed by atoms with Crippen molar-refractivity contribution < 1.29 is 37.4 Å². The van der Waals surface area contributed by atoms with Gasteiger partial charge in [-0.3, -0.25) is 9.59 Å². The number of aromatic nitrogens is 1. The lowest BCUT2D eigenvalue weighted by Crippen LogP contribution is -2.38. The molecular weight excluding hydrogens is 505 g/mol. The molecule has 1 aromatic heterocycles. The van der Waals surface area contributed by atoms with Crippen LogP contribution in [-0.2, 0) is 11.3 Å². The van der Waals surface area contributed by atoms with E-state index in [1.54, 1.807) is 24.3 Å². The minimum absolute atomic E-state index is 0.0684. The molecule has 1 aliphatic rings. The number of nitriles is 1. The number of anilines is 1. The van der Waals surface area contributed by atoms with Crippen molar-refractivity contribution in [2.45, 2.75) is 25.7 Å². The van der Waals surface area contributed by atoms with Crippen molar-refractivity contribution in [3.05, 3.63) is 77.5 Å². The quantitative estimate of drug-likeness (QED) is 0.451. The van der Waals surface area contributed by atoms with Crippen LogP contribution in [0.15, 0.2) is 60.7 Å². The molecular formula is C26H19F3N4O5. The SMILES string of the molecule is N#Cc1ccc(CNC(=O)c2cc(-c3ccc(OC(F)(F)F)cc3)cc(N(C(=O)O)C(=O)C3CC3)n2)cc1. The number of ether oxygens (including phenoxy) is 1. The van der Waals surface area contributed by atoms with Gasteiger partial charge >= 0.3 is 12.5 Å². The zero-order valence-corrected chi connectivity index (χ0v) is 19.5. The Kier molecular flexibility index (Phi) is 7.29. The van der Waals surface area contributed by atoms with E-state index >= 15 is 0 Å². The van der Waals surface area contributed by atoms with Crippen LogP contribution >= 0.6 is 0 Å². The lowest BCUT2D eigenvalue weighted by Gasteiger charge is -2.18. The van der Waals surface area contributed by atoms with E-state index in [1.165, 1.54) is 24.3 Å². The minimum atomic E-state index is -4.88. The van der Waals surface area contributed by atoms with Crippen molar-refractivity contribution in [3.8, 4) is 22.9 Å². The van der Waals surface area contributed by atoms with Crippen molar-refractivity contribution in [1.29, 1.82) is 5.26 Å². The second-order valence-corrected chi connectivity index (χ2v) is 8.39. The summed E-state index contributed by atoms with van der Waals surface area (Å²) in [6.07, 6.45) is -5.40. The van der Waals surface area contributed by atoms with Crippen LogP contribution in [0.2, 0.25) is 0 Å². The summed E-state index contributed by atoms with van der Waals surface area (Å²) < 4.78 is 41.4. The fourth-order valence-corrected chi connectivity index (χ4v) is 3.55. The van der Waals surface area contributed by atoms with Crippen LogP contribution in [0.1, 0.15) is 34.5 Å². The summed E-state index contributed by atoms with van der Waals surface area (Å²) in [4.78, 5) is 42.2. The van der Waals surface area contributed by atoms with Gasteiger partial charge < -0.3 is 15.2 Å². The van der Waals surface area contributed by atoms with Gasteiger partial charge in [0.15, 0.2) is 0 Å². The van der Waals surface area contributed by atoms with E-state index in [4.69, 9.17) is 5.26 Å². The number of hydrogen-bond donors (Lipinski definition) is 2. The summed E-state index contributed by atoms with van der Waals surface area (Å²) in [6, 6.07) is 15.8. The Morgan fingerprint density at radius 1 is 1.05 bits per heavy atom. The molecule has 38 heavy (non-hydrogen) atoms. The maximum absolute atomic E-state index is 13.0.